The van der Waals surface area contributed by atoms with Gasteiger partial charge in [-0.2, -0.15) is 0 Å². The minimum absolute atomic E-state index is 0.222. The largest absolute Gasteiger partial charge is 0.497 e. The molecule has 3 aromatic carbocycles. The Hall–Kier alpha value is -3.62. The van der Waals surface area contributed by atoms with Crippen LogP contribution < -0.4 is 20.1 Å². The van der Waals surface area contributed by atoms with Crippen LogP contribution in [0.1, 0.15) is 19.8 Å². The number of carbonyl (C=O) groups is 1. The number of unbranched alkanes of at least 4 members (excludes halogenated alkanes) is 1. The van der Waals surface area contributed by atoms with Gasteiger partial charge < -0.3 is 24.7 Å². The molecule has 0 saturated heterocycles. The fourth-order valence-corrected chi connectivity index (χ4v) is 5.32. The fraction of sp³-hybridized carbons (Fsp3) is 0.267. The number of benzene rings is 3. The summed E-state index contributed by atoms with van der Waals surface area (Å²) in [7, 11) is 3.34. The number of nitrogens with one attached hydrogen (secondary N) is 2. The number of nitrogens with zero attached hydrogens (tertiary/aromatic N) is 2. The molecule has 0 spiro atoms. The Morgan fingerprint density at radius 1 is 0.897 bits per heavy atom. The van der Waals surface area contributed by atoms with Crippen molar-refractivity contribution >= 4 is 35.1 Å². The second-order valence-corrected chi connectivity index (χ2v) is 10.2. The summed E-state index contributed by atoms with van der Waals surface area (Å²) in [5, 5.41) is 7.33. The van der Waals surface area contributed by atoms with Crippen molar-refractivity contribution in [3.8, 4) is 34.0 Å². The number of imidazole rings is 1. The molecule has 0 aliphatic heterocycles. The van der Waals surface area contributed by atoms with Gasteiger partial charge in [-0.05, 0) is 92.6 Å². The number of urea groups is 1. The van der Waals surface area contributed by atoms with Crippen molar-refractivity contribution in [3.63, 3.8) is 0 Å². The van der Waals surface area contributed by atoms with Gasteiger partial charge in [0, 0.05) is 40.7 Å². The molecule has 4 rings (SSSR count). The molecule has 2 N–H and O–H groups in total. The second-order valence-electron chi connectivity index (χ2n) is 8.74. The molecule has 39 heavy (non-hydrogen) atoms. The van der Waals surface area contributed by atoms with Gasteiger partial charge in [0.1, 0.15) is 11.5 Å². The average Bonchev–Trinajstić information content (AvgIpc) is 3.34. The molecule has 0 atom stereocenters. The lowest BCUT2D eigenvalue weighted by Crippen LogP contribution is -2.29. The van der Waals surface area contributed by atoms with Crippen LogP contribution in [-0.2, 0) is 6.54 Å². The quantitative estimate of drug-likeness (QED) is 0.137. The third-order valence-corrected chi connectivity index (χ3v) is 7.48. The highest BCUT2D eigenvalue weighted by molar-refractivity contribution is 7.99. The van der Waals surface area contributed by atoms with Crippen molar-refractivity contribution in [2.75, 3.05) is 31.8 Å². The lowest BCUT2D eigenvalue weighted by Gasteiger charge is -2.12. The van der Waals surface area contributed by atoms with E-state index in [9.17, 15) is 4.79 Å². The van der Waals surface area contributed by atoms with Crippen LogP contribution in [0.5, 0.6) is 11.5 Å². The van der Waals surface area contributed by atoms with Crippen molar-refractivity contribution in [1.29, 1.82) is 0 Å². The fourth-order valence-electron chi connectivity index (χ4n) is 4.13. The minimum atomic E-state index is -0.222. The maximum atomic E-state index is 12.1. The van der Waals surface area contributed by atoms with Gasteiger partial charge in [-0.15, -0.1) is 0 Å². The molecule has 0 radical (unpaired) electrons. The zero-order chi connectivity index (χ0) is 27.6. The smallest absolute Gasteiger partial charge is 0.319 e. The van der Waals surface area contributed by atoms with Crippen LogP contribution in [0.25, 0.3) is 22.5 Å². The van der Waals surface area contributed by atoms with Gasteiger partial charge in [0.2, 0.25) is 0 Å². The van der Waals surface area contributed by atoms with E-state index < -0.39 is 0 Å². The molecule has 0 bridgehead atoms. The van der Waals surface area contributed by atoms with Crippen molar-refractivity contribution in [1.82, 2.24) is 14.9 Å². The van der Waals surface area contributed by atoms with E-state index in [1.54, 1.807) is 50.2 Å². The summed E-state index contributed by atoms with van der Waals surface area (Å²) in [5.41, 5.74) is 4.84. The Kier molecular flexibility index (Phi) is 10.2. The SMILES string of the molecule is CCn1c(SCCCCNC(=O)Nc2ccc(Cl)cc2)nc(-c2ccc(OC)cc2)c1-c1ccc(OC)cc1. The van der Waals surface area contributed by atoms with E-state index in [0.717, 1.165) is 64.3 Å². The number of carbonyl (C=O) groups excluding carboxylic acids is 1. The molecule has 2 amide bonds. The third-order valence-electron chi connectivity index (χ3n) is 6.17. The van der Waals surface area contributed by atoms with Crippen LogP contribution in [0.15, 0.2) is 78.0 Å². The molecule has 0 aliphatic carbocycles. The van der Waals surface area contributed by atoms with Gasteiger partial charge in [-0.25, -0.2) is 9.78 Å². The first kappa shape index (κ1) is 28.4. The van der Waals surface area contributed by atoms with Crippen LogP contribution in [0.2, 0.25) is 5.02 Å². The zero-order valence-electron chi connectivity index (χ0n) is 22.4. The van der Waals surface area contributed by atoms with E-state index in [-0.39, 0.29) is 6.03 Å². The molecular formula is C30H33ClN4O3S. The van der Waals surface area contributed by atoms with Gasteiger partial charge in [0.15, 0.2) is 5.16 Å². The molecule has 7 nitrogen and oxygen atoms in total. The Balaban J connectivity index is 1.41. The summed E-state index contributed by atoms with van der Waals surface area (Å²) >= 11 is 7.63. The van der Waals surface area contributed by atoms with E-state index in [0.29, 0.717) is 17.3 Å². The summed E-state index contributed by atoms with van der Waals surface area (Å²) in [5.74, 6) is 2.52. The van der Waals surface area contributed by atoms with Gasteiger partial charge in [0.05, 0.1) is 25.6 Å². The Bertz CT molecular complexity index is 1360. The lowest BCUT2D eigenvalue weighted by atomic mass is 10.0. The summed E-state index contributed by atoms with van der Waals surface area (Å²) in [6.07, 6.45) is 1.81. The zero-order valence-corrected chi connectivity index (χ0v) is 23.9. The molecule has 1 aromatic heterocycles. The second kappa shape index (κ2) is 14.0. The molecule has 0 unspecified atom stereocenters. The number of rotatable bonds is 12. The molecule has 0 fully saturated rings. The van der Waals surface area contributed by atoms with Crippen LogP contribution in [0.3, 0.4) is 0 Å². The molecular weight excluding hydrogens is 532 g/mol. The predicted octanol–water partition coefficient (Wildman–Crippen LogP) is 7.60. The monoisotopic (exact) mass is 564 g/mol. The third kappa shape index (κ3) is 7.49. The maximum Gasteiger partial charge on any atom is 0.319 e. The Morgan fingerprint density at radius 3 is 2.10 bits per heavy atom. The van der Waals surface area contributed by atoms with E-state index in [4.69, 9.17) is 26.1 Å². The first-order valence-corrected chi connectivity index (χ1v) is 14.2. The molecule has 0 aliphatic rings. The summed E-state index contributed by atoms with van der Waals surface area (Å²) < 4.78 is 13.0. The first-order valence-electron chi connectivity index (χ1n) is 12.8. The number of aromatic nitrogens is 2. The number of anilines is 1. The highest BCUT2D eigenvalue weighted by Crippen LogP contribution is 2.37. The lowest BCUT2D eigenvalue weighted by molar-refractivity contribution is 0.252. The molecule has 9 heteroatoms. The highest BCUT2D eigenvalue weighted by Gasteiger charge is 2.20. The van der Waals surface area contributed by atoms with E-state index in [1.807, 2.05) is 36.4 Å². The maximum absolute atomic E-state index is 12.1. The topological polar surface area (TPSA) is 77.4 Å². The van der Waals surface area contributed by atoms with Crippen molar-refractivity contribution in [2.45, 2.75) is 31.5 Å². The number of halogens is 1. The first-order chi connectivity index (χ1) is 19.0. The summed E-state index contributed by atoms with van der Waals surface area (Å²) in [4.78, 5) is 17.2. The summed E-state index contributed by atoms with van der Waals surface area (Å²) in [6, 6.07) is 22.9. The van der Waals surface area contributed by atoms with Gasteiger partial charge in [-0.3, -0.25) is 0 Å². The molecule has 204 valence electrons. The number of ether oxygens (including phenoxy) is 2. The van der Waals surface area contributed by atoms with Crippen LogP contribution in [-0.4, -0.2) is 42.1 Å². The standard InChI is InChI=1S/C30H33ClN4O3S/c1-4-35-28(22-9-17-26(38-3)18-10-22)27(21-7-15-25(37-2)16-8-21)34-30(35)39-20-6-5-19-32-29(36)33-24-13-11-23(31)12-14-24/h7-18H,4-6,19-20H2,1-3H3,(H2,32,33,36). The van der Waals surface area contributed by atoms with E-state index in [2.05, 4.69) is 34.3 Å². The number of hydrogen-bond donors (Lipinski definition) is 2. The Morgan fingerprint density at radius 2 is 1.51 bits per heavy atom. The number of methoxy groups -OCH3 is 2. The molecule has 0 saturated carbocycles. The van der Waals surface area contributed by atoms with Crippen molar-refractivity contribution in [2.24, 2.45) is 0 Å². The van der Waals surface area contributed by atoms with Gasteiger partial charge >= 0.3 is 6.03 Å². The van der Waals surface area contributed by atoms with Crippen LogP contribution in [0.4, 0.5) is 10.5 Å². The number of amides is 2. The van der Waals surface area contributed by atoms with Gasteiger partial charge in [0.25, 0.3) is 0 Å². The van der Waals surface area contributed by atoms with Crippen LogP contribution in [0, 0.1) is 0 Å². The summed E-state index contributed by atoms with van der Waals surface area (Å²) in [6.45, 7) is 3.52. The minimum Gasteiger partial charge on any atom is -0.497 e. The molecule has 4 aromatic rings. The van der Waals surface area contributed by atoms with Gasteiger partial charge in [-0.1, -0.05) is 23.4 Å². The average molecular weight is 565 g/mol. The number of thioether (sulfide) groups is 1. The van der Waals surface area contributed by atoms with Crippen molar-refractivity contribution in [3.05, 3.63) is 77.8 Å². The van der Waals surface area contributed by atoms with Crippen molar-refractivity contribution < 1.29 is 14.3 Å². The number of hydrogen-bond acceptors (Lipinski definition) is 5. The Labute approximate surface area is 238 Å². The molecule has 1 heterocycles. The van der Waals surface area contributed by atoms with Crippen LogP contribution >= 0.6 is 23.4 Å². The predicted molar refractivity (Wildman–Crippen MR) is 160 cm³/mol. The highest BCUT2D eigenvalue weighted by atomic mass is 35.5. The van der Waals surface area contributed by atoms with E-state index in [1.165, 1.54) is 0 Å². The normalized spacial score (nSPS) is 10.8. The van der Waals surface area contributed by atoms with E-state index >= 15 is 0 Å².